The van der Waals surface area contributed by atoms with Crippen molar-refractivity contribution in [2.45, 2.75) is 161 Å². The summed E-state index contributed by atoms with van der Waals surface area (Å²) in [6, 6.07) is 14.2. The third-order valence-electron chi connectivity index (χ3n) is 11.5. The number of phosphoric ester groups is 1. The Morgan fingerprint density at radius 2 is 1.52 bits per heavy atom. The highest BCUT2D eigenvalue weighted by Gasteiger charge is 2.49. The summed E-state index contributed by atoms with van der Waals surface area (Å²) in [5.41, 5.74) is 7.78. The summed E-state index contributed by atoms with van der Waals surface area (Å²) in [6.45, 7) is 6.59. The van der Waals surface area contributed by atoms with Crippen molar-refractivity contribution in [3.05, 3.63) is 82.5 Å². The number of anilines is 1. The molecule has 67 heavy (non-hydrogen) atoms. The van der Waals surface area contributed by atoms with E-state index in [-0.39, 0.29) is 34.5 Å². The van der Waals surface area contributed by atoms with Crippen LogP contribution in [-0.2, 0) is 32.6 Å². The van der Waals surface area contributed by atoms with Crippen LogP contribution in [0.3, 0.4) is 0 Å². The number of nitrogens with two attached hydrogens (primary N) is 1. The number of unbranched alkanes of at least 4 members (excludes halogenated alkanes) is 15. The number of phosphoric acid groups is 1. The quantitative estimate of drug-likeness (QED) is 0.0276. The molecule has 3 heterocycles. The molecule has 1 aliphatic heterocycles. The van der Waals surface area contributed by atoms with Gasteiger partial charge in [-0.05, 0) is 69.2 Å². The number of ether oxygens (including phenoxy) is 5. The number of nitrogen functional groups attached to an aromatic ring is 1. The third-order valence-corrected chi connectivity index (χ3v) is 13.2. The molecule has 1 fully saturated rings. The maximum Gasteiger partial charge on any atom is 0.530 e. The zero-order chi connectivity index (χ0) is 48.1. The molecule has 0 aliphatic carbocycles. The zero-order valence-corrected chi connectivity index (χ0v) is 41.0. The second-order valence-electron chi connectivity index (χ2n) is 17.4. The fraction of sp³-hybridized carbons (Fsp3) is 0.592. The molecule has 18 heteroatoms. The first-order valence-electron chi connectivity index (χ1n) is 23.6. The van der Waals surface area contributed by atoms with Crippen molar-refractivity contribution in [2.24, 2.45) is 0 Å². The molecule has 2 N–H and O–H groups in total. The van der Waals surface area contributed by atoms with Crippen LogP contribution < -0.4 is 15.0 Å². The number of aryl methyl sites for hydroxylation is 1. The van der Waals surface area contributed by atoms with Gasteiger partial charge in [0, 0.05) is 6.61 Å². The first kappa shape index (κ1) is 53.4. The number of benzene rings is 2. The summed E-state index contributed by atoms with van der Waals surface area (Å²) in [4.78, 5) is 4.05. The molecular formula is C49H67ClFN6O9P. The topological polar surface area (TPSA) is 195 Å². The smallest absolute Gasteiger partial charge is 0.482 e. The predicted molar refractivity (Wildman–Crippen MR) is 253 cm³/mol. The lowest BCUT2D eigenvalue weighted by molar-refractivity contribution is -0.157. The molecule has 1 aliphatic rings. The Balaban J connectivity index is 1.21. The van der Waals surface area contributed by atoms with Crippen LogP contribution in [0.15, 0.2) is 54.9 Å². The Kier molecular flexibility index (Phi) is 21.9. The summed E-state index contributed by atoms with van der Waals surface area (Å²) in [5.74, 6) is -1.87. The van der Waals surface area contributed by atoms with E-state index in [9.17, 15) is 15.1 Å². The average Bonchev–Trinajstić information content (AvgIpc) is 3.89. The number of rotatable bonds is 32. The van der Waals surface area contributed by atoms with Gasteiger partial charge in [0.25, 0.3) is 6.26 Å². The highest BCUT2D eigenvalue weighted by Crippen LogP contribution is 2.52. The molecule has 4 aromatic rings. The van der Waals surface area contributed by atoms with Crippen LogP contribution >= 0.6 is 19.4 Å². The van der Waals surface area contributed by atoms with Crippen LogP contribution in [0.25, 0.3) is 5.52 Å². The largest absolute Gasteiger partial charge is 0.530 e. The Labute approximate surface area is 399 Å². The molecule has 2 aromatic heterocycles. The van der Waals surface area contributed by atoms with Gasteiger partial charge in [-0.15, -0.1) is 0 Å². The number of para-hydroxylation sites is 1. The molecule has 1 saturated heterocycles. The second-order valence-corrected chi connectivity index (χ2v) is 19.4. The van der Waals surface area contributed by atoms with Crippen molar-refractivity contribution in [2.75, 3.05) is 32.2 Å². The molecular weight excluding hydrogens is 902 g/mol. The second kappa shape index (κ2) is 27.5. The van der Waals surface area contributed by atoms with E-state index in [1.165, 1.54) is 108 Å². The number of hydrogen-bond acceptors (Lipinski definition) is 14. The molecule has 0 saturated carbocycles. The number of aromatic nitrogens is 3. The summed E-state index contributed by atoms with van der Waals surface area (Å²) in [5, 5.41) is 23.7. The minimum Gasteiger partial charge on any atom is -0.482 e. The van der Waals surface area contributed by atoms with E-state index < -0.39 is 57.1 Å². The molecule has 0 spiro atoms. The lowest BCUT2D eigenvalue weighted by Crippen LogP contribution is -2.37. The van der Waals surface area contributed by atoms with Crippen molar-refractivity contribution in [1.82, 2.24) is 14.6 Å². The van der Waals surface area contributed by atoms with Gasteiger partial charge in [-0.1, -0.05) is 127 Å². The van der Waals surface area contributed by atoms with Gasteiger partial charge in [0.05, 0.1) is 35.6 Å². The average molecular weight is 970 g/mol. The molecule has 5 rings (SSSR count). The normalized spacial score (nSPS) is 17.4. The number of halogens is 2. The van der Waals surface area contributed by atoms with Gasteiger partial charge >= 0.3 is 7.82 Å². The standard InChI is InChI=1S/C49H67ClFN6O9P/c1-5-6-7-8-9-10-11-12-13-14-15-16-17-18-19-22-27-59-31-38(63-44-28-36(2)37(30-52)29-40(44)51)32-61-67(58,66-43-24-21-20-23-39(43)50)62-33-45(60-34-53)47-46(64-49(3,4)65-47)41-25-26-42-48(54)55-35-56-57(41)42/h20-21,23-26,28-29,35,38,45-47H,5-19,22,27,31-33H2,1-4H3,(H2,54,55,56)/t38-,45-,46+,47-,67?/m1/s1. The van der Waals surface area contributed by atoms with Crippen molar-refractivity contribution < 1.29 is 46.2 Å². The number of fused-ring (bicyclic) bond motifs is 1. The van der Waals surface area contributed by atoms with E-state index in [4.69, 9.17) is 54.6 Å². The number of nitriles is 2. The van der Waals surface area contributed by atoms with Gasteiger partial charge in [-0.2, -0.15) is 15.6 Å². The van der Waals surface area contributed by atoms with Crippen LogP contribution in [0.2, 0.25) is 5.02 Å². The van der Waals surface area contributed by atoms with Gasteiger partial charge in [0.2, 0.25) is 0 Å². The molecule has 366 valence electrons. The van der Waals surface area contributed by atoms with Crippen molar-refractivity contribution in [3.8, 4) is 23.8 Å². The van der Waals surface area contributed by atoms with Gasteiger partial charge < -0.3 is 33.9 Å². The Bertz CT molecular complexity index is 2270. The van der Waals surface area contributed by atoms with Crippen molar-refractivity contribution in [3.63, 3.8) is 0 Å². The van der Waals surface area contributed by atoms with E-state index in [1.807, 2.05) is 6.07 Å². The number of nitrogens with zero attached hydrogens (tertiary/aromatic N) is 5. The van der Waals surface area contributed by atoms with Crippen molar-refractivity contribution in [1.29, 1.82) is 10.5 Å². The molecule has 1 unspecified atom stereocenters. The van der Waals surface area contributed by atoms with Gasteiger partial charge in [0.15, 0.2) is 29.3 Å². The lowest BCUT2D eigenvalue weighted by atomic mass is 10.0. The molecule has 0 radical (unpaired) electrons. The number of hydrogen-bond donors (Lipinski definition) is 1. The highest BCUT2D eigenvalue weighted by molar-refractivity contribution is 7.48. The summed E-state index contributed by atoms with van der Waals surface area (Å²) >= 11 is 6.44. The van der Waals surface area contributed by atoms with Crippen LogP contribution in [0.1, 0.15) is 146 Å². The minimum atomic E-state index is -4.70. The monoisotopic (exact) mass is 968 g/mol. The molecule has 2 aromatic carbocycles. The van der Waals surface area contributed by atoms with E-state index in [0.29, 0.717) is 23.4 Å². The fourth-order valence-corrected chi connectivity index (χ4v) is 9.43. The highest BCUT2D eigenvalue weighted by atomic mass is 35.5. The maximum atomic E-state index is 15.3. The fourth-order valence-electron chi connectivity index (χ4n) is 7.94. The van der Waals surface area contributed by atoms with E-state index in [2.05, 4.69) is 17.0 Å². The molecule has 5 atom stereocenters. The third kappa shape index (κ3) is 16.9. The van der Waals surface area contributed by atoms with Gasteiger partial charge in [-0.25, -0.2) is 18.5 Å². The summed E-state index contributed by atoms with van der Waals surface area (Å²) < 4.78 is 79.5. The van der Waals surface area contributed by atoms with E-state index in [0.717, 1.165) is 25.3 Å². The van der Waals surface area contributed by atoms with Gasteiger partial charge in [-0.3, -0.25) is 9.05 Å². The van der Waals surface area contributed by atoms with Gasteiger partial charge in [0.1, 0.15) is 42.5 Å². The van der Waals surface area contributed by atoms with E-state index in [1.54, 1.807) is 55.8 Å². The summed E-state index contributed by atoms with van der Waals surface area (Å²) in [6.07, 6.45) is 18.8. The molecule has 0 amide bonds. The first-order chi connectivity index (χ1) is 32.4. The lowest BCUT2D eigenvalue weighted by Gasteiger charge is -2.27. The van der Waals surface area contributed by atoms with Crippen LogP contribution in [0, 0.1) is 35.6 Å². The summed E-state index contributed by atoms with van der Waals surface area (Å²) in [7, 11) is -4.70. The predicted octanol–water partition coefficient (Wildman–Crippen LogP) is 12.3. The Morgan fingerprint density at radius 1 is 0.881 bits per heavy atom. The first-order valence-corrected chi connectivity index (χ1v) is 25.5. The maximum absolute atomic E-state index is 15.3. The zero-order valence-electron chi connectivity index (χ0n) is 39.3. The molecule has 15 nitrogen and oxygen atoms in total. The van der Waals surface area contributed by atoms with Crippen LogP contribution in [-0.4, -0.2) is 65.1 Å². The minimum absolute atomic E-state index is 0.0207. The van der Waals surface area contributed by atoms with E-state index >= 15 is 4.39 Å². The Hall–Kier alpha value is -4.51. The SMILES string of the molecule is CCCCCCCCCCCCCCCCCCOC[C@H](COP(=O)(OC[C@@H](OC#N)[C@H]1OC(C)(C)O[C@H]1c1ccc2c(N)ncnn12)Oc1ccccc1Cl)Oc1cc(C)c(C#N)cc1F. The van der Waals surface area contributed by atoms with Crippen molar-refractivity contribution >= 4 is 30.8 Å². The van der Waals surface area contributed by atoms with Crippen LogP contribution in [0.4, 0.5) is 10.2 Å². The van der Waals surface area contributed by atoms with Crippen LogP contribution in [0.5, 0.6) is 11.5 Å². The molecule has 0 bridgehead atoms. The Morgan fingerprint density at radius 3 is 2.16 bits per heavy atom.